The van der Waals surface area contributed by atoms with Crippen molar-refractivity contribution < 1.29 is 14.0 Å². The van der Waals surface area contributed by atoms with Gasteiger partial charge in [-0.1, -0.05) is 18.2 Å². The quantitative estimate of drug-likeness (QED) is 0.687. The second-order valence-corrected chi connectivity index (χ2v) is 6.83. The molecule has 2 amide bonds. The molecule has 5 nitrogen and oxygen atoms in total. The zero-order chi connectivity index (χ0) is 18.8. The summed E-state index contributed by atoms with van der Waals surface area (Å²) in [4.78, 5) is 32.0. The minimum Gasteiger partial charge on any atom is -0.350 e. The van der Waals surface area contributed by atoms with E-state index >= 15 is 0 Å². The standard InChI is InChI=1S/C20H14FN3O2S/c21-13-5-3-7-14(11-13)23-18-17(16-8-4-10-27-16)19(25)24(20(18)26)12-15-6-1-2-9-22-15/h1-11,23H,12H2. The number of rotatable bonds is 5. The van der Waals surface area contributed by atoms with E-state index in [4.69, 9.17) is 0 Å². The van der Waals surface area contributed by atoms with Gasteiger partial charge in [-0.05, 0) is 41.8 Å². The number of pyridine rings is 1. The summed E-state index contributed by atoms with van der Waals surface area (Å²) in [6.07, 6.45) is 1.61. The Morgan fingerprint density at radius 1 is 1.04 bits per heavy atom. The number of imide groups is 1. The first-order valence-corrected chi connectivity index (χ1v) is 9.08. The van der Waals surface area contributed by atoms with Crippen LogP contribution < -0.4 is 5.32 Å². The number of hydrogen-bond donors (Lipinski definition) is 1. The number of nitrogens with one attached hydrogen (secondary N) is 1. The smallest absolute Gasteiger partial charge is 0.278 e. The van der Waals surface area contributed by atoms with Crippen molar-refractivity contribution in [3.63, 3.8) is 0 Å². The van der Waals surface area contributed by atoms with E-state index in [0.717, 1.165) is 4.90 Å². The maximum absolute atomic E-state index is 13.5. The van der Waals surface area contributed by atoms with Gasteiger partial charge in [0.25, 0.3) is 11.8 Å². The maximum Gasteiger partial charge on any atom is 0.278 e. The van der Waals surface area contributed by atoms with Gasteiger partial charge in [-0.25, -0.2) is 4.39 Å². The number of hydrogen-bond acceptors (Lipinski definition) is 5. The lowest BCUT2D eigenvalue weighted by atomic mass is 10.2. The SMILES string of the molecule is O=C1C(Nc2cccc(F)c2)=C(c2cccs2)C(=O)N1Cc1ccccn1. The van der Waals surface area contributed by atoms with Gasteiger partial charge in [0.2, 0.25) is 0 Å². The Morgan fingerprint density at radius 2 is 1.93 bits per heavy atom. The van der Waals surface area contributed by atoms with E-state index in [1.165, 1.54) is 29.5 Å². The molecule has 3 aromatic rings. The van der Waals surface area contributed by atoms with Gasteiger partial charge in [-0.15, -0.1) is 11.3 Å². The monoisotopic (exact) mass is 379 g/mol. The molecule has 0 spiro atoms. The molecule has 0 saturated carbocycles. The third-order valence-electron chi connectivity index (χ3n) is 4.08. The number of anilines is 1. The zero-order valence-electron chi connectivity index (χ0n) is 14.1. The van der Waals surface area contributed by atoms with Gasteiger partial charge in [-0.2, -0.15) is 0 Å². The Morgan fingerprint density at radius 3 is 2.63 bits per heavy atom. The number of aromatic nitrogens is 1. The minimum atomic E-state index is -0.460. The molecule has 1 aromatic carbocycles. The fourth-order valence-corrected chi connectivity index (χ4v) is 3.62. The molecule has 0 aliphatic carbocycles. The van der Waals surface area contributed by atoms with Crippen molar-refractivity contribution in [1.29, 1.82) is 0 Å². The van der Waals surface area contributed by atoms with Crippen LogP contribution in [-0.4, -0.2) is 21.7 Å². The topological polar surface area (TPSA) is 62.3 Å². The maximum atomic E-state index is 13.5. The van der Waals surface area contributed by atoms with E-state index in [-0.39, 0.29) is 17.8 Å². The van der Waals surface area contributed by atoms with Crippen LogP contribution in [0.2, 0.25) is 0 Å². The lowest BCUT2D eigenvalue weighted by Crippen LogP contribution is -2.32. The number of thiophene rings is 1. The molecule has 134 valence electrons. The summed E-state index contributed by atoms with van der Waals surface area (Å²) in [5, 5.41) is 4.76. The number of carbonyl (C=O) groups is 2. The Bertz CT molecular complexity index is 1030. The van der Waals surface area contributed by atoms with Crippen LogP contribution in [0, 0.1) is 5.82 Å². The van der Waals surface area contributed by atoms with Crippen molar-refractivity contribution in [2.24, 2.45) is 0 Å². The molecule has 4 rings (SSSR count). The summed E-state index contributed by atoms with van der Waals surface area (Å²) < 4.78 is 13.5. The van der Waals surface area contributed by atoms with Gasteiger partial charge >= 0.3 is 0 Å². The normalized spacial score (nSPS) is 14.2. The Hall–Kier alpha value is -3.32. The molecule has 0 unspecified atom stereocenters. The minimum absolute atomic E-state index is 0.0711. The number of amides is 2. The molecule has 1 aliphatic heterocycles. The van der Waals surface area contributed by atoms with Crippen LogP contribution in [0.25, 0.3) is 5.57 Å². The molecule has 2 aromatic heterocycles. The third kappa shape index (κ3) is 3.37. The van der Waals surface area contributed by atoms with Gasteiger partial charge in [-0.3, -0.25) is 19.5 Å². The average Bonchev–Trinajstić information content (AvgIpc) is 3.26. The summed E-state index contributed by atoms with van der Waals surface area (Å²) >= 11 is 1.36. The summed E-state index contributed by atoms with van der Waals surface area (Å²) in [6.45, 7) is 0.0711. The summed E-state index contributed by atoms with van der Waals surface area (Å²) in [7, 11) is 0. The molecule has 1 N–H and O–H groups in total. The first kappa shape index (κ1) is 17.1. The molecule has 1 aliphatic rings. The van der Waals surface area contributed by atoms with Crippen LogP contribution in [0.4, 0.5) is 10.1 Å². The molecule has 3 heterocycles. The van der Waals surface area contributed by atoms with Crippen LogP contribution in [0.1, 0.15) is 10.6 Å². The largest absolute Gasteiger partial charge is 0.350 e. The number of carbonyl (C=O) groups excluding carboxylic acids is 2. The van der Waals surface area contributed by atoms with Crippen LogP contribution in [0.3, 0.4) is 0 Å². The van der Waals surface area contributed by atoms with Crippen LogP contribution in [0.5, 0.6) is 0 Å². The lowest BCUT2D eigenvalue weighted by Gasteiger charge is -2.14. The van der Waals surface area contributed by atoms with Crippen molar-refractivity contribution in [1.82, 2.24) is 9.88 Å². The molecule has 0 saturated heterocycles. The van der Waals surface area contributed by atoms with Crippen molar-refractivity contribution in [3.8, 4) is 0 Å². The predicted molar refractivity (Wildman–Crippen MR) is 101 cm³/mol. The van der Waals surface area contributed by atoms with Crippen LogP contribution >= 0.6 is 11.3 Å². The molecule has 7 heteroatoms. The highest BCUT2D eigenvalue weighted by Crippen LogP contribution is 2.33. The highest BCUT2D eigenvalue weighted by Gasteiger charge is 2.39. The number of nitrogens with zero attached hydrogens (tertiary/aromatic N) is 2. The second-order valence-electron chi connectivity index (χ2n) is 5.88. The van der Waals surface area contributed by atoms with Gasteiger partial charge in [0.1, 0.15) is 11.5 Å². The fraction of sp³-hybridized carbons (Fsp3) is 0.0500. The van der Waals surface area contributed by atoms with Crippen molar-refractivity contribution in [2.45, 2.75) is 6.54 Å². The summed E-state index contributed by atoms with van der Waals surface area (Å²) in [5.41, 5.74) is 1.44. The van der Waals surface area contributed by atoms with E-state index in [1.807, 2.05) is 11.4 Å². The van der Waals surface area contributed by atoms with Crippen LogP contribution in [0.15, 0.2) is 71.9 Å². The molecule has 0 atom stereocenters. The third-order valence-corrected chi connectivity index (χ3v) is 4.96. The second kappa shape index (κ2) is 7.13. The highest BCUT2D eigenvalue weighted by molar-refractivity contribution is 7.11. The zero-order valence-corrected chi connectivity index (χ0v) is 14.9. The first-order chi connectivity index (χ1) is 13.1. The van der Waals surface area contributed by atoms with Crippen molar-refractivity contribution in [2.75, 3.05) is 5.32 Å². The first-order valence-electron chi connectivity index (χ1n) is 8.20. The summed E-state index contributed by atoms with van der Waals surface area (Å²) in [5.74, 6) is -1.29. The molecular formula is C20H14FN3O2S. The Balaban J connectivity index is 1.72. The van der Waals surface area contributed by atoms with Crippen molar-refractivity contribution in [3.05, 3.63) is 88.3 Å². The molecule has 0 bridgehead atoms. The van der Waals surface area contributed by atoms with E-state index in [1.54, 1.807) is 36.5 Å². The van der Waals surface area contributed by atoms with E-state index < -0.39 is 17.6 Å². The molecule has 0 fully saturated rings. The number of benzene rings is 1. The predicted octanol–water partition coefficient (Wildman–Crippen LogP) is 3.67. The average molecular weight is 379 g/mol. The van der Waals surface area contributed by atoms with Crippen molar-refractivity contribution >= 4 is 34.4 Å². The van der Waals surface area contributed by atoms with Gasteiger partial charge < -0.3 is 5.32 Å². The Kier molecular flexibility index (Phi) is 4.52. The van der Waals surface area contributed by atoms with E-state index in [2.05, 4.69) is 10.3 Å². The van der Waals surface area contributed by atoms with E-state index in [0.29, 0.717) is 16.3 Å². The van der Waals surface area contributed by atoms with Crippen LogP contribution in [-0.2, 0) is 16.1 Å². The molecule has 0 radical (unpaired) electrons. The lowest BCUT2D eigenvalue weighted by molar-refractivity contribution is -0.137. The molecular weight excluding hydrogens is 365 g/mol. The number of halogens is 1. The van der Waals surface area contributed by atoms with Gasteiger partial charge in [0, 0.05) is 16.8 Å². The summed E-state index contributed by atoms with van der Waals surface area (Å²) in [6, 6.07) is 14.7. The van der Waals surface area contributed by atoms with E-state index in [9.17, 15) is 14.0 Å². The molecule has 27 heavy (non-hydrogen) atoms. The fourth-order valence-electron chi connectivity index (χ4n) is 2.85. The highest BCUT2D eigenvalue weighted by atomic mass is 32.1. The van der Waals surface area contributed by atoms with Gasteiger partial charge in [0.15, 0.2) is 0 Å². The van der Waals surface area contributed by atoms with Gasteiger partial charge in [0.05, 0.1) is 17.8 Å². The Labute approximate surface area is 158 Å².